The van der Waals surface area contributed by atoms with Crippen LogP contribution in [0.4, 0.5) is 10.5 Å². The number of nitrogens with zero attached hydrogens (tertiary/aromatic N) is 2. The molecule has 0 unspecified atom stereocenters. The van der Waals surface area contributed by atoms with Crippen LogP contribution in [0.15, 0.2) is 29.6 Å². The van der Waals surface area contributed by atoms with Crippen LogP contribution in [0.25, 0.3) is 0 Å². The fourth-order valence-electron chi connectivity index (χ4n) is 2.81. The van der Waals surface area contributed by atoms with Crippen molar-refractivity contribution in [1.82, 2.24) is 15.2 Å². The summed E-state index contributed by atoms with van der Waals surface area (Å²) in [5.74, 6) is -0.212. The Morgan fingerprint density at radius 1 is 1.27 bits per heavy atom. The number of nitrogens with two attached hydrogens (primary N) is 1. The van der Waals surface area contributed by atoms with Crippen LogP contribution in [0, 0.1) is 0 Å². The van der Waals surface area contributed by atoms with Gasteiger partial charge in [-0.25, -0.2) is 9.78 Å². The third kappa shape index (κ3) is 4.80. The number of thiazole rings is 1. The van der Waals surface area contributed by atoms with E-state index in [0.29, 0.717) is 25.2 Å². The summed E-state index contributed by atoms with van der Waals surface area (Å²) in [5, 5.41) is 8.38. The summed E-state index contributed by atoms with van der Waals surface area (Å²) >= 11 is 1.44. The van der Waals surface area contributed by atoms with Crippen molar-refractivity contribution < 1.29 is 9.59 Å². The van der Waals surface area contributed by atoms with Crippen molar-refractivity contribution in [2.45, 2.75) is 25.8 Å². The van der Waals surface area contributed by atoms with E-state index in [1.54, 1.807) is 5.38 Å². The van der Waals surface area contributed by atoms with Crippen molar-refractivity contribution >= 4 is 29.0 Å². The summed E-state index contributed by atoms with van der Waals surface area (Å²) in [4.78, 5) is 30.5. The van der Waals surface area contributed by atoms with E-state index in [4.69, 9.17) is 5.73 Å². The highest BCUT2D eigenvalue weighted by Crippen LogP contribution is 2.15. The van der Waals surface area contributed by atoms with E-state index in [1.165, 1.54) is 11.3 Å². The number of likely N-dealkylation sites (tertiary alicyclic amines) is 1. The SMILES string of the molecule is NCCc1nc(C(=O)NCc2cccc(NC(=O)N3CCCC3)c2)cs1. The number of carbonyl (C=O) groups is 2. The molecule has 26 heavy (non-hydrogen) atoms. The Hall–Kier alpha value is -2.45. The Morgan fingerprint density at radius 2 is 2.08 bits per heavy atom. The summed E-state index contributed by atoms with van der Waals surface area (Å²) in [6.45, 7) is 2.50. The van der Waals surface area contributed by atoms with Crippen molar-refractivity contribution in [3.63, 3.8) is 0 Å². The van der Waals surface area contributed by atoms with Crippen LogP contribution in [0.2, 0.25) is 0 Å². The lowest BCUT2D eigenvalue weighted by molar-refractivity contribution is 0.0946. The molecule has 138 valence electrons. The van der Waals surface area contributed by atoms with E-state index < -0.39 is 0 Å². The number of carbonyl (C=O) groups excluding carboxylic acids is 2. The zero-order valence-electron chi connectivity index (χ0n) is 14.5. The second-order valence-electron chi connectivity index (χ2n) is 6.17. The van der Waals surface area contributed by atoms with Gasteiger partial charge in [0.05, 0.1) is 5.01 Å². The minimum Gasteiger partial charge on any atom is -0.347 e. The largest absolute Gasteiger partial charge is 0.347 e. The molecule has 1 saturated heterocycles. The van der Waals surface area contributed by atoms with Gasteiger partial charge in [-0.15, -0.1) is 11.3 Å². The number of nitrogens with one attached hydrogen (secondary N) is 2. The quantitative estimate of drug-likeness (QED) is 0.723. The molecule has 1 fully saturated rings. The molecule has 2 aromatic rings. The first-order chi connectivity index (χ1) is 12.7. The fraction of sp³-hybridized carbons (Fsp3) is 0.389. The molecule has 8 heteroatoms. The first kappa shape index (κ1) is 18.3. The first-order valence-corrected chi connectivity index (χ1v) is 9.61. The van der Waals surface area contributed by atoms with Crippen LogP contribution >= 0.6 is 11.3 Å². The van der Waals surface area contributed by atoms with Crippen LogP contribution in [0.1, 0.15) is 33.9 Å². The maximum atomic E-state index is 12.2. The van der Waals surface area contributed by atoms with Crippen molar-refractivity contribution in [2.24, 2.45) is 5.73 Å². The van der Waals surface area contributed by atoms with Crippen LogP contribution < -0.4 is 16.4 Å². The van der Waals surface area contributed by atoms with E-state index >= 15 is 0 Å². The highest BCUT2D eigenvalue weighted by molar-refractivity contribution is 7.09. The molecule has 7 nitrogen and oxygen atoms in total. The van der Waals surface area contributed by atoms with Crippen molar-refractivity contribution in [3.05, 3.63) is 45.9 Å². The fourth-order valence-corrected chi connectivity index (χ4v) is 3.60. The molecule has 3 rings (SSSR count). The molecule has 0 radical (unpaired) electrons. The van der Waals surface area contributed by atoms with Gasteiger partial charge in [-0.2, -0.15) is 0 Å². The lowest BCUT2D eigenvalue weighted by atomic mass is 10.2. The van der Waals surface area contributed by atoms with Crippen LogP contribution in [0.3, 0.4) is 0 Å². The normalized spacial score (nSPS) is 13.7. The monoisotopic (exact) mass is 373 g/mol. The molecule has 2 heterocycles. The molecule has 0 aliphatic carbocycles. The molecule has 1 aromatic heterocycles. The molecule has 3 amide bonds. The Labute approximate surface area is 156 Å². The van der Waals surface area contributed by atoms with E-state index in [2.05, 4.69) is 15.6 Å². The molecule has 1 aromatic carbocycles. The van der Waals surface area contributed by atoms with E-state index in [-0.39, 0.29) is 11.9 Å². The molecule has 1 aliphatic heterocycles. The van der Waals surface area contributed by atoms with E-state index in [9.17, 15) is 9.59 Å². The summed E-state index contributed by atoms with van der Waals surface area (Å²) in [6, 6.07) is 7.42. The number of amides is 3. The number of hydrogen-bond acceptors (Lipinski definition) is 5. The van der Waals surface area contributed by atoms with Gasteiger partial charge < -0.3 is 21.3 Å². The summed E-state index contributed by atoms with van der Waals surface area (Å²) < 4.78 is 0. The van der Waals surface area contributed by atoms with Gasteiger partial charge in [-0.05, 0) is 37.1 Å². The Kier molecular flexibility index (Phi) is 6.19. The Morgan fingerprint density at radius 3 is 2.85 bits per heavy atom. The predicted octanol–water partition coefficient (Wildman–Crippen LogP) is 2.20. The van der Waals surface area contributed by atoms with Crippen molar-refractivity contribution in [3.8, 4) is 0 Å². The number of anilines is 1. The van der Waals surface area contributed by atoms with Crippen LogP contribution in [0.5, 0.6) is 0 Å². The molecule has 0 atom stereocenters. The van der Waals surface area contributed by atoms with Gasteiger partial charge in [-0.3, -0.25) is 4.79 Å². The topological polar surface area (TPSA) is 100 Å². The van der Waals surface area contributed by atoms with Gasteiger partial charge >= 0.3 is 6.03 Å². The predicted molar refractivity (Wildman–Crippen MR) is 102 cm³/mol. The van der Waals surface area contributed by atoms with Gasteiger partial charge in [0, 0.05) is 37.1 Å². The van der Waals surface area contributed by atoms with Gasteiger partial charge in [0.1, 0.15) is 5.69 Å². The second-order valence-corrected chi connectivity index (χ2v) is 7.12. The molecule has 0 saturated carbocycles. The van der Waals surface area contributed by atoms with Crippen LogP contribution in [-0.2, 0) is 13.0 Å². The summed E-state index contributed by atoms with van der Waals surface area (Å²) in [7, 11) is 0. The number of rotatable bonds is 6. The summed E-state index contributed by atoms with van der Waals surface area (Å²) in [5.41, 5.74) is 7.56. The number of benzene rings is 1. The number of urea groups is 1. The molecular weight excluding hydrogens is 350 g/mol. The molecule has 4 N–H and O–H groups in total. The van der Waals surface area contributed by atoms with E-state index in [1.807, 2.05) is 29.2 Å². The second kappa shape index (κ2) is 8.77. The smallest absolute Gasteiger partial charge is 0.321 e. The standard InChI is InChI=1S/C18H23N5O2S/c19-7-6-16-22-15(12-26-16)17(24)20-11-13-4-3-5-14(10-13)21-18(25)23-8-1-2-9-23/h3-5,10,12H,1-2,6-9,11,19H2,(H,20,24)(H,21,25). The van der Waals surface area contributed by atoms with Gasteiger partial charge in [-0.1, -0.05) is 12.1 Å². The van der Waals surface area contributed by atoms with Crippen LogP contribution in [-0.4, -0.2) is 41.5 Å². The third-order valence-electron chi connectivity index (χ3n) is 4.17. The van der Waals surface area contributed by atoms with Crippen molar-refractivity contribution in [2.75, 3.05) is 25.0 Å². The zero-order chi connectivity index (χ0) is 18.4. The summed E-state index contributed by atoms with van der Waals surface area (Å²) in [6.07, 6.45) is 2.79. The van der Waals surface area contributed by atoms with Crippen molar-refractivity contribution in [1.29, 1.82) is 0 Å². The molecule has 0 spiro atoms. The van der Waals surface area contributed by atoms with Gasteiger partial charge in [0.25, 0.3) is 5.91 Å². The Bertz CT molecular complexity index is 770. The molecular formula is C18H23N5O2S. The van der Waals surface area contributed by atoms with Gasteiger partial charge in [0.15, 0.2) is 0 Å². The maximum absolute atomic E-state index is 12.2. The zero-order valence-corrected chi connectivity index (χ0v) is 15.3. The average Bonchev–Trinajstić information content (AvgIpc) is 3.32. The van der Waals surface area contributed by atoms with E-state index in [0.717, 1.165) is 42.2 Å². The number of aromatic nitrogens is 1. The molecule has 0 bridgehead atoms. The lowest BCUT2D eigenvalue weighted by Crippen LogP contribution is -2.32. The third-order valence-corrected chi connectivity index (χ3v) is 5.08. The average molecular weight is 373 g/mol. The minimum absolute atomic E-state index is 0.0707. The maximum Gasteiger partial charge on any atom is 0.321 e. The minimum atomic E-state index is -0.212. The highest BCUT2D eigenvalue weighted by atomic mass is 32.1. The van der Waals surface area contributed by atoms with Gasteiger partial charge in [0.2, 0.25) is 0 Å². The molecule has 1 aliphatic rings. The first-order valence-electron chi connectivity index (χ1n) is 8.73. The highest BCUT2D eigenvalue weighted by Gasteiger charge is 2.17. The lowest BCUT2D eigenvalue weighted by Gasteiger charge is -2.16. The Balaban J connectivity index is 1.54. The number of hydrogen-bond donors (Lipinski definition) is 3.